The average molecular weight is 721 g/mol. The molecule has 252 valence electrons. The van der Waals surface area contributed by atoms with E-state index in [9.17, 15) is 0 Å². The summed E-state index contributed by atoms with van der Waals surface area (Å²) in [5, 5.41) is 18.8. The van der Waals surface area contributed by atoms with E-state index in [-0.39, 0.29) is 0 Å². The summed E-state index contributed by atoms with van der Waals surface area (Å²) in [6, 6.07) is 59.4. The van der Waals surface area contributed by atoms with Gasteiger partial charge in [0.15, 0.2) is 0 Å². The molecule has 10 aromatic carbocycles. The molecule has 0 fully saturated rings. The maximum Gasteiger partial charge on any atom is 0.0358 e. The number of rotatable bonds is 4. The van der Waals surface area contributed by atoms with Gasteiger partial charge in [0.05, 0.1) is 0 Å². The molecule has 2 heteroatoms. The molecule has 12 aromatic rings. The van der Waals surface area contributed by atoms with Crippen LogP contribution >= 0.6 is 22.7 Å². The van der Waals surface area contributed by atoms with Crippen LogP contribution < -0.4 is 0 Å². The van der Waals surface area contributed by atoms with Gasteiger partial charge in [0.1, 0.15) is 0 Å². The highest BCUT2D eigenvalue weighted by molar-refractivity contribution is 7.16. The van der Waals surface area contributed by atoms with Gasteiger partial charge in [-0.15, -0.1) is 22.7 Å². The lowest BCUT2D eigenvalue weighted by Crippen LogP contribution is -1.89. The molecule has 0 bridgehead atoms. The Hall–Kier alpha value is -6.06. The van der Waals surface area contributed by atoms with Crippen molar-refractivity contribution in [3.05, 3.63) is 167 Å². The fourth-order valence-electron chi connectivity index (χ4n) is 9.58. The van der Waals surface area contributed by atoms with Gasteiger partial charge in [0.2, 0.25) is 0 Å². The van der Waals surface area contributed by atoms with Crippen molar-refractivity contribution in [3.8, 4) is 43.1 Å². The zero-order chi connectivity index (χ0) is 35.7. The molecule has 0 atom stereocenters. The van der Waals surface area contributed by atoms with E-state index in [2.05, 4.69) is 172 Å². The molecule has 2 aromatic heterocycles. The Kier molecular flexibility index (Phi) is 6.32. The Morgan fingerprint density at radius 3 is 1.57 bits per heavy atom. The van der Waals surface area contributed by atoms with Gasteiger partial charge in [-0.3, -0.25) is 0 Å². The van der Waals surface area contributed by atoms with Crippen molar-refractivity contribution >= 4 is 98.1 Å². The number of hydrogen-bond donors (Lipinski definition) is 0. The molecular weight excluding hydrogens is 689 g/mol. The number of benzene rings is 8. The van der Waals surface area contributed by atoms with Crippen molar-refractivity contribution in [1.29, 1.82) is 0 Å². The predicted octanol–water partition coefficient (Wildman–Crippen LogP) is 16.0. The second-order valence-electron chi connectivity index (χ2n) is 14.8. The Morgan fingerprint density at radius 2 is 0.870 bits per heavy atom. The summed E-state index contributed by atoms with van der Waals surface area (Å²) in [4.78, 5) is 5.32. The van der Waals surface area contributed by atoms with Crippen molar-refractivity contribution in [2.75, 3.05) is 0 Å². The first kappa shape index (κ1) is 30.4. The highest BCUT2D eigenvalue weighted by Crippen LogP contribution is 2.56. The monoisotopic (exact) mass is 720 g/mol. The van der Waals surface area contributed by atoms with Gasteiger partial charge in [0.25, 0.3) is 0 Å². The summed E-state index contributed by atoms with van der Waals surface area (Å²) in [7, 11) is 0. The summed E-state index contributed by atoms with van der Waals surface area (Å²) in [5.74, 6) is 0. The van der Waals surface area contributed by atoms with E-state index in [1.165, 1.54) is 128 Å². The van der Waals surface area contributed by atoms with Crippen LogP contribution in [0.4, 0.5) is 0 Å². The molecule has 54 heavy (non-hydrogen) atoms. The smallest absolute Gasteiger partial charge is 0.0358 e. The lowest BCUT2D eigenvalue weighted by atomic mass is 9.87. The van der Waals surface area contributed by atoms with E-state index in [1.54, 1.807) is 0 Å². The molecule has 2 heterocycles. The second-order valence-corrected chi connectivity index (χ2v) is 17.4. The first-order chi connectivity index (χ1) is 26.6. The summed E-state index contributed by atoms with van der Waals surface area (Å²) >= 11 is 3.83. The Bertz CT molecular complexity index is 3440. The maximum atomic E-state index is 2.56. The lowest BCUT2D eigenvalue weighted by molar-refractivity contribution is 1.64. The fourth-order valence-corrected chi connectivity index (χ4v) is 11.4. The first-order valence-electron chi connectivity index (χ1n) is 18.7. The van der Waals surface area contributed by atoms with E-state index in [1.807, 2.05) is 22.7 Å². The van der Waals surface area contributed by atoms with Crippen molar-refractivity contribution in [2.45, 2.75) is 13.8 Å². The maximum absolute atomic E-state index is 2.56. The van der Waals surface area contributed by atoms with Crippen LogP contribution in [0.5, 0.6) is 0 Å². The third-order valence-electron chi connectivity index (χ3n) is 11.8. The minimum Gasteiger partial charge on any atom is -0.141 e. The highest BCUT2D eigenvalue weighted by Gasteiger charge is 2.28. The molecule has 0 N–H and O–H groups in total. The molecular formula is C52H32S2. The molecule has 0 radical (unpaired) electrons. The average Bonchev–Trinajstić information content (AvgIpc) is 4.00. The second kappa shape index (κ2) is 11.2. The van der Waals surface area contributed by atoms with Gasteiger partial charge in [-0.25, -0.2) is 0 Å². The molecule has 12 rings (SSSR count). The van der Waals surface area contributed by atoms with Gasteiger partial charge in [0, 0.05) is 41.4 Å². The molecule has 0 amide bonds. The Morgan fingerprint density at radius 1 is 0.296 bits per heavy atom. The van der Waals surface area contributed by atoms with Gasteiger partial charge in [-0.05, 0) is 137 Å². The lowest BCUT2D eigenvalue weighted by Gasteiger charge is -2.17. The standard InChI is InChI=1S/C52H32S2/c1-29-19-25-44(53-29)49-43-28-42-35-22-21-33(31-11-5-3-6-12-31)27-41(35)37-16-10-17-38(47(37)42)48(43)52(45-26-20-30(2)54-45)51-39-18-9-15-36-34(32-13-7-4-8-14-32)23-24-40(46(36)39)50(49)51/h3-28H,1-2H3. The van der Waals surface area contributed by atoms with Crippen molar-refractivity contribution in [3.63, 3.8) is 0 Å². The third-order valence-corrected chi connectivity index (χ3v) is 13.8. The van der Waals surface area contributed by atoms with Crippen LogP contribution in [0.25, 0.3) is 119 Å². The van der Waals surface area contributed by atoms with Crippen molar-refractivity contribution in [1.82, 2.24) is 0 Å². The summed E-state index contributed by atoms with van der Waals surface area (Å²) in [6.45, 7) is 4.48. The van der Waals surface area contributed by atoms with Gasteiger partial charge < -0.3 is 0 Å². The minimum atomic E-state index is 1.25. The van der Waals surface area contributed by atoms with Crippen LogP contribution in [0, 0.1) is 13.8 Å². The highest BCUT2D eigenvalue weighted by atomic mass is 32.1. The third kappa shape index (κ3) is 4.13. The summed E-state index contributed by atoms with van der Waals surface area (Å²) in [6.07, 6.45) is 0. The number of thiophene rings is 2. The zero-order valence-electron chi connectivity index (χ0n) is 29.8. The number of fused-ring (bicyclic) bond motifs is 8. The van der Waals surface area contributed by atoms with E-state index in [4.69, 9.17) is 0 Å². The van der Waals surface area contributed by atoms with E-state index in [0.717, 1.165) is 0 Å². The van der Waals surface area contributed by atoms with E-state index >= 15 is 0 Å². The van der Waals surface area contributed by atoms with Crippen LogP contribution in [0.2, 0.25) is 0 Å². The molecule has 0 aliphatic carbocycles. The van der Waals surface area contributed by atoms with Crippen LogP contribution in [0.3, 0.4) is 0 Å². The Balaban J connectivity index is 1.33. The zero-order valence-corrected chi connectivity index (χ0v) is 31.5. The van der Waals surface area contributed by atoms with Crippen LogP contribution in [0.15, 0.2) is 158 Å². The largest absolute Gasteiger partial charge is 0.141 e. The minimum absolute atomic E-state index is 1.25. The SMILES string of the molecule is Cc1ccc(-c2c3cc4c5ccc(-c6ccccc6)cc5c5cccc(c3c(-c3ccc(C)s3)c3c6cccc7c(-c8ccccc8)ccc(c23)c76)c54)s1. The van der Waals surface area contributed by atoms with E-state index < -0.39 is 0 Å². The topological polar surface area (TPSA) is 0 Å². The van der Waals surface area contributed by atoms with Crippen LogP contribution in [-0.4, -0.2) is 0 Å². The normalized spacial score (nSPS) is 12.3. The molecule has 0 saturated carbocycles. The van der Waals surface area contributed by atoms with E-state index in [0.29, 0.717) is 0 Å². The summed E-state index contributed by atoms with van der Waals surface area (Å²) < 4.78 is 0. The quantitative estimate of drug-likeness (QED) is 0.159. The van der Waals surface area contributed by atoms with Gasteiger partial charge >= 0.3 is 0 Å². The van der Waals surface area contributed by atoms with Gasteiger partial charge in [-0.1, -0.05) is 121 Å². The van der Waals surface area contributed by atoms with Crippen LogP contribution in [0.1, 0.15) is 9.75 Å². The molecule has 0 saturated heterocycles. The van der Waals surface area contributed by atoms with Crippen molar-refractivity contribution in [2.24, 2.45) is 0 Å². The number of hydrogen-bond acceptors (Lipinski definition) is 2. The Labute approximate surface area is 320 Å². The predicted molar refractivity (Wildman–Crippen MR) is 238 cm³/mol. The number of aryl methyl sites for hydroxylation is 2. The molecule has 0 nitrogen and oxygen atoms in total. The molecule has 0 aliphatic heterocycles. The van der Waals surface area contributed by atoms with Crippen molar-refractivity contribution < 1.29 is 0 Å². The van der Waals surface area contributed by atoms with Crippen LogP contribution in [-0.2, 0) is 0 Å². The summed E-state index contributed by atoms with van der Waals surface area (Å²) in [5.41, 5.74) is 7.77. The molecule has 0 spiro atoms. The first-order valence-corrected chi connectivity index (χ1v) is 20.3. The molecule has 0 unspecified atom stereocenters. The molecule has 0 aliphatic rings. The fraction of sp³-hybridized carbons (Fsp3) is 0.0385. The van der Waals surface area contributed by atoms with Gasteiger partial charge in [-0.2, -0.15) is 0 Å².